The summed E-state index contributed by atoms with van der Waals surface area (Å²) < 4.78 is 2.57. The van der Waals surface area contributed by atoms with Crippen molar-refractivity contribution in [2.45, 2.75) is 28.8 Å². The topological polar surface area (TPSA) is 81.3 Å². The Labute approximate surface area is 198 Å². The first-order chi connectivity index (χ1) is 15.5. The molecule has 7 nitrogen and oxygen atoms in total. The van der Waals surface area contributed by atoms with Crippen molar-refractivity contribution >= 4 is 46.7 Å². The van der Waals surface area contributed by atoms with Crippen LogP contribution >= 0.6 is 35.1 Å². The monoisotopic (exact) mass is 485 g/mol. The largest absolute Gasteiger partial charge is 0.350 e. The van der Waals surface area contributed by atoms with E-state index in [2.05, 4.69) is 15.4 Å². The molecule has 0 aliphatic heterocycles. The van der Waals surface area contributed by atoms with Gasteiger partial charge in [-0.2, -0.15) is 0 Å². The van der Waals surface area contributed by atoms with E-state index in [4.69, 9.17) is 11.6 Å². The van der Waals surface area contributed by atoms with E-state index in [1.165, 1.54) is 16.2 Å². The van der Waals surface area contributed by atoms with Crippen LogP contribution in [-0.4, -0.2) is 31.3 Å². The lowest BCUT2D eigenvalue weighted by atomic mass is 10.2. The minimum Gasteiger partial charge on any atom is -0.350 e. The van der Waals surface area contributed by atoms with Crippen molar-refractivity contribution in [3.63, 3.8) is 0 Å². The van der Waals surface area contributed by atoms with E-state index >= 15 is 0 Å². The highest BCUT2D eigenvalue weighted by Crippen LogP contribution is 2.24. The normalized spacial score (nSPS) is 11.1. The summed E-state index contributed by atoms with van der Waals surface area (Å²) in [6.07, 6.45) is 5.13. The lowest BCUT2D eigenvalue weighted by Crippen LogP contribution is -2.32. The van der Waals surface area contributed by atoms with Gasteiger partial charge in [0, 0.05) is 34.6 Å². The van der Waals surface area contributed by atoms with Crippen molar-refractivity contribution < 1.29 is 4.79 Å². The third kappa shape index (κ3) is 5.35. The number of amides is 1. The molecular formula is C22H20ClN5O2S2. The Morgan fingerprint density at radius 1 is 1.09 bits per heavy atom. The van der Waals surface area contributed by atoms with Gasteiger partial charge in [-0.3, -0.25) is 4.79 Å². The van der Waals surface area contributed by atoms with Crippen LogP contribution in [0, 0.1) is 0 Å². The molecule has 0 spiro atoms. The molecule has 0 radical (unpaired) electrons. The Bertz CT molecular complexity index is 1290. The fourth-order valence-corrected chi connectivity index (χ4v) is 4.43. The number of benzene rings is 2. The summed E-state index contributed by atoms with van der Waals surface area (Å²) in [6.45, 7) is 0.226. The Morgan fingerprint density at radius 2 is 1.81 bits per heavy atom. The smallest absolute Gasteiger partial charge is 0.350 e. The van der Waals surface area contributed by atoms with Crippen LogP contribution < -0.4 is 11.0 Å². The molecule has 1 N–H and O–H groups in total. The van der Waals surface area contributed by atoms with E-state index < -0.39 is 0 Å². The second kappa shape index (κ2) is 10.2. The van der Waals surface area contributed by atoms with Crippen molar-refractivity contribution in [1.29, 1.82) is 0 Å². The molecule has 1 amide bonds. The summed E-state index contributed by atoms with van der Waals surface area (Å²) in [6, 6.07) is 15.5. The van der Waals surface area contributed by atoms with Gasteiger partial charge >= 0.3 is 5.69 Å². The standard InChI is InChI=1S/C22H20ClN5O2S2/c1-31-18-8-4-15(5-9-18)12-25-19(29)13-28-22(30)27-11-10-24-21(20(27)26-28)32-14-16-2-6-17(23)7-3-16/h2-11H,12-14H2,1H3,(H,25,29). The number of nitrogens with zero attached hydrogens (tertiary/aromatic N) is 4. The lowest BCUT2D eigenvalue weighted by molar-refractivity contribution is -0.122. The van der Waals surface area contributed by atoms with Gasteiger partial charge in [-0.25, -0.2) is 18.9 Å². The van der Waals surface area contributed by atoms with Crippen LogP contribution in [-0.2, 0) is 23.6 Å². The van der Waals surface area contributed by atoms with E-state index in [-0.39, 0.29) is 18.1 Å². The average molecular weight is 486 g/mol. The van der Waals surface area contributed by atoms with Gasteiger partial charge in [0.25, 0.3) is 0 Å². The maximum Gasteiger partial charge on any atom is 0.350 e. The third-order valence-corrected chi connectivity index (χ3v) is 6.73. The van der Waals surface area contributed by atoms with E-state index in [9.17, 15) is 9.59 Å². The molecule has 2 aromatic carbocycles. The fourth-order valence-electron chi connectivity index (χ4n) is 3.00. The number of carbonyl (C=O) groups excluding carboxylic acids is 1. The highest BCUT2D eigenvalue weighted by Gasteiger charge is 2.14. The first kappa shape index (κ1) is 22.4. The highest BCUT2D eigenvalue weighted by molar-refractivity contribution is 7.98. The van der Waals surface area contributed by atoms with Gasteiger partial charge in [-0.05, 0) is 41.6 Å². The number of aromatic nitrogens is 4. The maximum atomic E-state index is 12.7. The molecule has 10 heteroatoms. The van der Waals surface area contributed by atoms with Gasteiger partial charge in [-0.15, -0.1) is 16.9 Å². The molecule has 0 aliphatic rings. The summed E-state index contributed by atoms with van der Waals surface area (Å²) in [5.74, 6) is 0.369. The van der Waals surface area contributed by atoms with Crippen LogP contribution in [0.25, 0.3) is 5.65 Å². The third-order valence-electron chi connectivity index (χ3n) is 4.70. The Morgan fingerprint density at radius 3 is 2.53 bits per heavy atom. The molecule has 0 bridgehead atoms. The van der Waals surface area contributed by atoms with Crippen LogP contribution in [0.2, 0.25) is 5.02 Å². The molecule has 164 valence electrons. The van der Waals surface area contributed by atoms with Gasteiger partial charge in [0.2, 0.25) is 5.91 Å². The van der Waals surface area contributed by atoms with Crippen molar-refractivity contribution in [2.24, 2.45) is 0 Å². The summed E-state index contributed by atoms with van der Waals surface area (Å²) >= 11 is 9.07. The molecule has 0 fully saturated rings. The maximum absolute atomic E-state index is 12.7. The molecule has 0 saturated heterocycles. The lowest BCUT2D eigenvalue weighted by Gasteiger charge is -2.05. The Hall–Kier alpha value is -2.75. The minimum atomic E-state index is -0.379. The van der Waals surface area contributed by atoms with Gasteiger partial charge in [0.15, 0.2) is 5.65 Å². The Kier molecular flexibility index (Phi) is 7.19. The quantitative estimate of drug-likeness (QED) is 0.381. The molecule has 0 saturated carbocycles. The number of halogens is 1. The van der Waals surface area contributed by atoms with Crippen LogP contribution in [0.1, 0.15) is 11.1 Å². The number of thioether (sulfide) groups is 2. The number of nitrogens with one attached hydrogen (secondary N) is 1. The zero-order valence-corrected chi connectivity index (χ0v) is 19.6. The zero-order chi connectivity index (χ0) is 22.5. The van der Waals surface area contributed by atoms with Crippen LogP contribution in [0.5, 0.6) is 0 Å². The van der Waals surface area contributed by atoms with Crippen LogP contribution in [0.4, 0.5) is 0 Å². The Balaban J connectivity index is 1.44. The van der Waals surface area contributed by atoms with Crippen LogP contribution in [0.3, 0.4) is 0 Å². The molecule has 2 heterocycles. The van der Waals surface area contributed by atoms with Crippen molar-refractivity contribution in [3.05, 3.63) is 87.6 Å². The predicted octanol–water partition coefficient (Wildman–Crippen LogP) is 3.88. The van der Waals surface area contributed by atoms with Crippen LogP contribution in [0.15, 0.2) is 75.6 Å². The van der Waals surface area contributed by atoms with Crippen molar-refractivity contribution in [2.75, 3.05) is 6.26 Å². The van der Waals surface area contributed by atoms with E-state index in [1.54, 1.807) is 24.2 Å². The molecule has 4 rings (SSSR count). The summed E-state index contributed by atoms with van der Waals surface area (Å²) in [5, 5.41) is 8.49. The number of hydrogen-bond acceptors (Lipinski definition) is 6. The minimum absolute atomic E-state index is 0.162. The fraction of sp³-hybridized carbons (Fsp3) is 0.182. The number of carbonyl (C=O) groups is 1. The number of rotatable bonds is 8. The van der Waals surface area contributed by atoms with Gasteiger partial charge < -0.3 is 5.32 Å². The average Bonchev–Trinajstić information content (AvgIpc) is 3.13. The van der Waals surface area contributed by atoms with Crippen molar-refractivity contribution in [3.8, 4) is 0 Å². The summed E-state index contributed by atoms with van der Waals surface area (Å²) in [7, 11) is 0. The first-order valence-electron chi connectivity index (χ1n) is 9.74. The molecule has 0 unspecified atom stereocenters. The second-order valence-corrected chi connectivity index (χ2v) is 9.19. The predicted molar refractivity (Wildman–Crippen MR) is 128 cm³/mol. The SMILES string of the molecule is CSc1ccc(CNC(=O)Cn2nc3c(SCc4ccc(Cl)cc4)nccn3c2=O)cc1. The second-order valence-electron chi connectivity index (χ2n) is 6.91. The summed E-state index contributed by atoms with van der Waals surface area (Å²) in [4.78, 5) is 30.6. The molecule has 32 heavy (non-hydrogen) atoms. The molecule has 2 aromatic heterocycles. The van der Waals surface area contributed by atoms with E-state index in [1.807, 2.05) is 54.8 Å². The first-order valence-corrected chi connectivity index (χ1v) is 12.3. The molecule has 4 aromatic rings. The summed E-state index contributed by atoms with van der Waals surface area (Å²) in [5.41, 5.74) is 2.12. The molecular weight excluding hydrogens is 466 g/mol. The van der Waals surface area contributed by atoms with E-state index in [0.717, 1.165) is 20.7 Å². The number of fused-ring (bicyclic) bond motifs is 1. The van der Waals surface area contributed by atoms with Crippen molar-refractivity contribution in [1.82, 2.24) is 24.5 Å². The zero-order valence-electron chi connectivity index (χ0n) is 17.2. The number of hydrogen-bond donors (Lipinski definition) is 1. The van der Waals surface area contributed by atoms with Gasteiger partial charge in [0.05, 0.1) is 0 Å². The molecule has 0 atom stereocenters. The highest BCUT2D eigenvalue weighted by atomic mass is 35.5. The molecule has 0 aliphatic carbocycles. The van der Waals surface area contributed by atoms with Gasteiger partial charge in [0.1, 0.15) is 11.6 Å². The van der Waals surface area contributed by atoms with E-state index in [0.29, 0.717) is 28.0 Å². The van der Waals surface area contributed by atoms with Gasteiger partial charge in [-0.1, -0.05) is 47.6 Å².